The summed E-state index contributed by atoms with van der Waals surface area (Å²) in [7, 11) is -3.38. The molecule has 1 aromatic carbocycles. The predicted octanol–water partition coefficient (Wildman–Crippen LogP) is 2.30. The van der Waals surface area contributed by atoms with Crippen molar-refractivity contribution >= 4 is 31.2 Å². The zero-order valence-electron chi connectivity index (χ0n) is 11.2. The van der Waals surface area contributed by atoms with Crippen molar-refractivity contribution in [2.75, 3.05) is 20.3 Å². The number of hydrogen-bond acceptors (Lipinski definition) is 6. The summed E-state index contributed by atoms with van der Waals surface area (Å²) in [5.41, 5.74) is 0.421. The lowest BCUT2D eigenvalue weighted by Gasteiger charge is -2.19. The zero-order valence-corrected chi connectivity index (χ0v) is 13.9. The van der Waals surface area contributed by atoms with E-state index >= 15 is 0 Å². The predicted molar refractivity (Wildman–Crippen MR) is 80.6 cm³/mol. The van der Waals surface area contributed by atoms with Crippen LogP contribution in [0.25, 0.3) is 0 Å². The molecule has 0 heterocycles. The summed E-state index contributed by atoms with van der Waals surface area (Å²) in [6.07, 6.45) is -3.71. The van der Waals surface area contributed by atoms with Gasteiger partial charge < -0.3 is 23.6 Å². The van der Waals surface area contributed by atoms with E-state index in [1.54, 1.807) is 30.3 Å². The van der Waals surface area contributed by atoms with Gasteiger partial charge in [0.05, 0.1) is 18.8 Å². The van der Waals surface area contributed by atoms with Gasteiger partial charge in [0.2, 0.25) is 0 Å². The Kier molecular flexibility index (Phi) is 7.16. The maximum absolute atomic E-state index is 11.6. The van der Waals surface area contributed by atoms with Gasteiger partial charge in [0, 0.05) is 13.5 Å². The average molecular weight is 354 g/mol. The van der Waals surface area contributed by atoms with E-state index in [2.05, 4.69) is 16.3 Å². The van der Waals surface area contributed by atoms with Crippen LogP contribution >= 0.6 is 13.5 Å². The maximum Gasteiger partial charge on any atom is 0.408 e. The fourth-order valence-electron chi connectivity index (χ4n) is 1.24. The minimum Gasteiger partial charge on any atom is -0.462 e. The maximum atomic E-state index is 11.6. The molecule has 0 bridgehead atoms. The monoisotopic (exact) mass is 354 g/mol. The molecule has 0 fully saturated rings. The van der Waals surface area contributed by atoms with Crippen molar-refractivity contribution in [2.45, 2.75) is 6.42 Å². The van der Waals surface area contributed by atoms with Crippen molar-refractivity contribution in [2.24, 2.45) is 0 Å². The summed E-state index contributed by atoms with van der Waals surface area (Å²) >= 11 is 4.55. The zero-order chi connectivity index (χ0) is 15.9. The Bertz CT molecular complexity index is 563. The number of benzene rings is 1. The molecule has 2 N–H and O–H groups in total. The van der Waals surface area contributed by atoms with Crippen LogP contribution in [0, 0.1) is 0 Å². The SMILES string of the molecule is COP(=O)(O)P(O)(=S)OCCCOC(=O)c1ccccc1. The lowest BCUT2D eigenvalue weighted by molar-refractivity contribution is 0.0486. The lowest BCUT2D eigenvalue weighted by atomic mass is 10.2. The average Bonchev–Trinajstić information content (AvgIpc) is 2.47. The van der Waals surface area contributed by atoms with E-state index in [9.17, 15) is 19.1 Å². The molecule has 21 heavy (non-hydrogen) atoms. The normalized spacial score (nSPS) is 16.7. The second kappa shape index (κ2) is 8.15. The van der Waals surface area contributed by atoms with Crippen LogP contribution in [0.2, 0.25) is 0 Å². The smallest absolute Gasteiger partial charge is 0.408 e. The third-order valence-electron chi connectivity index (χ3n) is 2.35. The highest BCUT2D eigenvalue weighted by Crippen LogP contribution is 2.77. The van der Waals surface area contributed by atoms with E-state index in [0.29, 0.717) is 5.56 Å². The molecule has 1 aromatic rings. The van der Waals surface area contributed by atoms with Crippen molar-refractivity contribution in [3.63, 3.8) is 0 Å². The Labute approximate surface area is 127 Å². The first-order valence-corrected chi connectivity index (χ1v) is 10.8. The molecule has 10 heteroatoms. The molecular weight excluding hydrogens is 338 g/mol. The van der Waals surface area contributed by atoms with Crippen LogP contribution in [0.15, 0.2) is 30.3 Å². The van der Waals surface area contributed by atoms with Crippen LogP contribution in [0.4, 0.5) is 0 Å². The second-order valence-electron chi connectivity index (χ2n) is 3.85. The summed E-state index contributed by atoms with van der Waals surface area (Å²) < 4.78 is 25.4. The highest BCUT2D eigenvalue weighted by Gasteiger charge is 2.38. The number of ether oxygens (including phenoxy) is 1. The fourth-order valence-corrected chi connectivity index (χ4v) is 4.09. The van der Waals surface area contributed by atoms with Crippen molar-refractivity contribution in [1.82, 2.24) is 0 Å². The van der Waals surface area contributed by atoms with Gasteiger partial charge in [-0.3, -0.25) is 0 Å². The Hall–Kier alpha value is -0.590. The third kappa shape index (κ3) is 5.60. The van der Waals surface area contributed by atoms with Gasteiger partial charge in [-0.25, -0.2) is 9.36 Å². The molecule has 7 nitrogen and oxygen atoms in total. The van der Waals surface area contributed by atoms with Crippen LogP contribution in [0.1, 0.15) is 16.8 Å². The van der Waals surface area contributed by atoms with E-state index in [-0.39, 0.29) is 19.6 Å². The molecule has 0 radical (unpaired) electrons. The van der Waals surface area contributed by atoms with Crippen LogP contribution < -0.4 is 0 Å². The molecule has 2 atom stereocenters. The number of esters is 1. The molecule has 0 aliphatic heterocycles. The lowest BCUT2D eigenvalue weighted by Crippen LogP contribution is -2.08. The first-order valence-electron chi connectivity index (χ1n) is 5.88. The summed E-state index contributed by atoms with van der Waals surface area (Å²) in [4.78, 5) is 30.4. The molecule has 0 saturated carbocycles. The third-order valence-corrected chi connectivity index (χ3v) is 8.91. The molecule has 0 amide bonds. The number of carbonyl (C=O) groups is 1. The summed E-state index contributed by atoms with van der Waals surface area (Å²) in [6.45, 7) is -0.0878. The Balaban J connectivity index is 2.31. The Morgan fingerprint density at radius 2 is 1.86 bits per heavy atom. The van der Waals surface area contributed by atoms with E-state index in [1.807, 2.05) is 0 Å². The van der Waals surface area contributed by atoms with E-state index in [1.165, 1.54) is 0 Å². The van der Waals surface area contributed by atoms with Gasteiger partial charge >= 0.3 is 13.3 Å². The first kappa shape index (κ1) is 18.5. The van der Waals surface area contributed by atoms with Gasteiger partial charge in [0.15, 0.2) is 0 Å². The molecule has 0 aromatic heterocycles. The molecule has 0 aliphatic carbocycles. The largest absolute Gasteiger partial charge is 0.462 e. The van der Waals surface area contributed by atoms with Crippen molar-refractivity contribution in [3.05, 3.63) is 35.9 Å². The number of rotatable bonds is 8. The van der Waals surface area contributed by atoms with E-state index in [0.717, 1.165) is 7.11 Å². The van der Waals surface area contributed by atoms with Crippen molar-refractivity contribution < 1.29 is 32.9 Å². The summed E-state index contributed by atoms with van der Waals surface area (Å²) in [5, 5.41) is 0. The quantitative estimate of drug-likeness (QED) is 0.416. The molecule has 0 spiro atoms. The van der Waals surface area contributed by atoms with Gasteiger partial charge in [-0.15, -0.1) is 0 Å². The fraction of sp³-hybridized carbons (Fsp3) is 0.364. The number of carbonyl (C=O) groups excluding carboxylic acids is 1. The van der Waals surface area contributed by atoms with Crippen LogP contribution in [0.3, 0.4) is 0 Å². The van der Waals surface area contributed by atoms with E-state index < -0.39 is 19.4 Å². The number of hydrogen-bond donors (Lipinski definition) is 2. The molecule has 0 saturated heterocycles. The molecular formula is C11H16O7P2S. The molecule has 2 unspecified atom stereocenters. The van der Waals surface area contributed by atoms with E-state index in [4.69, 9.17) is 9.26 Å². The van der Waals surface area contributed by atoms with Crippen LogP contribution in [0.5, 0.6) is 0 Å². The summed E-state index contributed by atoms with van der Waals surface area (Å²) in [6, 6.07) is 8.44. The van der Waals surface area contributed by atoms with Crippen LogP contribution in [-0.2, 0) is 30.2 Å². The minimum absolute atomic E-state index is 0.0335. The van der Waals surface area contributed by atoms with Crippen molar-refractivity contribution in [3.8, 4) is 0 Å². The molecule has 118 valence electrons. The van der Waals surface area contributed by atoms with Crippen LogP contribution in [-0.4, -0.2) is 36.1 Å². The highest BCUT2D eigenvalue weighted by atomic mass is 32.6. The van der Waals surface area contributed by atoms with Gasteiger partial charge in [0.25, 0.3) is 6.18 Å². The van der Waals surface area contributed by atoms with Gasteiger partial charge in [0.1, 0.15) is 0 Å². The molecule has 1 rings (SSSR count). The standard InChI is InChI=1S/C11H16O7P2S/c1-16-19(13,14)20(15,21)18-9-5-8-17-11(12)10-6-3-2-4-7-10/h2-4,6-7H,5,8-9H2,1H3,(H,13,14)(H,15,21). The Morgan fingerprint density at radius 3 is 2.43 bits per heavy atom. The Morgan fingerprint density at radius 1 is 1.24 bits per heavy atom. The second-order valence-corrected chi connectivity index (χ2v) is 11.9. The van der Waals surface area contributed by atoms with Gasteiger partial charge in [-0.05, 0) is 23.9 Å². The van der Waals surface area contributed by atoms with Gasteiger partial charge in [-0.1, -0.05) is 18.2 Å². The highest BCUT2D eigenvalue weighted by molar-refractivity contribution is 8.47. The minimum atomic E-state index is -4.34. The summed E-state index contributed by atoms with van der Waals surface area (Å²) in [5.74, 6) is -0.483. The molecule has 0 aliphatic rings. The first-order chi connectivity index (χ1) is 9.80. The van der Waals surface area contributed by atoms with Gasteiger partial charge in [-0.2, -0.15) is 0 Å². The van der Waals surface area contributed by atoms with Crippen molar-refractivity contribution in [1.29, 1.82) is 0 Å². The topological polar surface area (TPSA) is 102 Å².